The Hall–Kier alpha value is -0.820. The number of likely N-dealkylation sites (tertiary alicyclic amines) is 1. The van der Waals surface area contributed by atoms with Crippen LogP contribution >= 0.6 is 0 Å². The SMILES string of the molecule is CCC1C[C@@H](Cc2ccccc2)N(C(C)(C)C)C1. The highest BCUT2D eigenvalue weighted by molar-refractivity contribution is 5.16. The summed E-state index contributed by atoms with van der Waals surface area (Å²) in [5.41, 5.74) is 1.78. The first-order chi connectivity index (χ1) is 8.50. The van der Waals surface area contributed by atoms with Gasteiger partial charge in [0.25, 0.3) is 0 Å². The van der Waals surface area contributed by atoms with Crippen molar-refractivity contribution in [3.63, 3.8) is 0 Å². The van der Waals surface area contributed by atoms with Crippen LogP contribution in [0.3, 0.4) is 0 Å². The smallest absolute Gasteiger partial charge is 0.0144 e. The van der Waals surface area contributed by atoms with Crippen LogP contribution in [0.15, 0.2) is 30.3 Å². The van der Waals surface area contributed by atoms with Gasteiger partial charge in [-0.25, -0.2) is 0 Å². The van der Waals surface area contributed by atoms with Crippen molar-refractivity contribution in [3.05, 3.63) is 35.9 Å². The van der Waals surface area contributed by atoms with Crippen molar-refractivity contribution in [1.82, 2.24) is 4.90 Å². The molecule has 0 amide bonds. The highest BCUT2D eigenvalue weighted by atomic mass is 15.2. The van der Waals surface area contributed by atoms with Gasteiger partial charge in [-0.3, -0.25) is 4.90 Å². The molecule has 0 saturated carbocycles. The Morgan fingerprint density at radius 1 is 1.17 bits per heavy atom. The third kappa shape index (κ3) is 3.14. The second kappa shape index (κ2) is 5.44. The van der Waals surface area contributed by atoms with Crippen molar-refractivity contribution in [3.8, 4) is 0 Å². The fraction of sp³-hybridized carbons (Fsp3) is 0.647. The van der Waals surface area contributed by atoms with Gasteiger partial charge in [0.15, 0.2) is 0 Å². The minimum absolute atomic E-state index is 0.295. The lowest BCUT2D eigenvalue weighted by Gasteiger charge is -2.37. The molecule has 0 bridgehead atoms. The van der Waals surface area contributed by atoms with Gasteiger partial charge in [-0.2, -0.15) is 0 Å². The third-order valence-electron chi connectivity index (χ3n) is 4.25. The Morgan fingerprint density at radius 3 is 2.39 bits per heavy atom. The molecule has 100 valence electrons. The molecule has 1 aromatic rings. The Morgan fingerprint density at radius 2 is 1.83 bits per heavy atom. The molecule has 1 heterocycles. The van der Waals surface area contributed by atoms with Crippen molar-refractivity contribution in [2.24, 2.45) is 5.92 Å². The Balaban J connectivity index is 2.10. The predicted molar refractivity (Wildman–Crippen MR) is 78.8 cm³/mol. The van der Waals surface area contributed by atoms with Crippen molar-refractivity contribution < 1.29 is 0 Å². The molecule has 1 aliphatic heterocycles. The first-order valence-electron chi connectivity index (χ1n) is 7.31. The summed E-state index contributed by atoms with van der Waals surface area (Å²) in [5, 5.41) is 0. The molecule has 0 aliphatic carbocycles. The Kier molecular flexibility index (Phi) is 4.11. The van der Waals surface area contributed by atoms with Crippen molar-refractivity contribution >= 4 is 0 Å². The number of nitrogens with zero attached hydrogens (tertiary/aromatic N) is 1. The summed E-state index contributed by atoms with van der Waals surface area (Å²) in [6.45, 7) is 10.7. The molecule has 2 rings (SSSR count). The van der Waals surface area contributed by atoms with E-state index in [9.17, 15) is 0 Å². The molecule has 0 N–H and O–H groups in total. The maximum absolute atomic E-state index is 2.72. The van der Waals surface area contributed by atoms with Gasteiger partial charge in [-0.1, -0.05) is 43.7 Å². The molecule has 18 heavy (non-hydrogen) atoms. The van der Waals surface area contributed by atoms with Crippen LogP contribution < -0.4 is 0 Å². The van der Waals surface area contributed by atoms with E-state index in [1.54, 1.807) is 0 Å². The van der Waals surface area contributed by atoms with Gasteiger partial charge in [0.1, 0.15) is 0 Å². The first-order valence-corrected chi connectivity index (χ1v) is 7.31. The zero-order valence-electron chi connectivity index (χ0n) is 12.3. The van der Waals surface area contributed by atoms with Crippen molar-refractivity contribution in [2.75, 3.05) is 6.54 Å². The van der Waals surface area contributed by atoms with E-state index in [4.69, 9.17) is 0 Å². The molecule has 1 aromatic carbocycles. The first kappa shape index (κ1) is 13.6. The van der Waals surface area contributed by atoms with Gasteiger partial charge < -0.3 is 0 Å². The monoisotopic (exact) mass is 245 g/mol. The van der Waals surface area contributed by atoms with Gasteiger partial charge in [-0.05, 0) is 45.1 Å². The van der Waals surface area contributed by atoms with Gasteiger partial charge in [0.05, 0.1) is 0 Å². The van der Waals surface area contributed by atoms with E-state index in [0.29, 0.717) is 5.54 Å². The van der Waals surface area contributed by atoms with Crippen molar-refractivity contribution in [1.29, 1.82) is 0 Å². The number of hydrogen-bond donors (Lipinski definition) is 0. The number of hydrogen-bond acceptors (Lipinski definition) is 1. The molecule has 0 spiro atoms. The third-order valence-corrected chi connectivity index (χ3v) is 4.25. The van der Waals surface area contributed by atoms with E-state index < -0.39 is 0 Å². The minimum atomic E-state index is 0.295. The molecular formula is C17H27N. The molecule has 0 aromatic heterocycles. The molecule has 2 atom stereocenters. The predicted octanol–water partition coefficient (Wildman–Crippen LogP) is 4.13. The maximum atomic E-state index is 2.72. The van der Waals surface area contributed by atoms with Gasteiger partial charge in [0.2, 0.25) is 0 Å². The molecule has 1 saturated heterocycles. The molecule has 0 radical (unpaired) electrons. The molecule has 1 heteroatoms. The summed E-state index contributed by atoms with van der Waals surface area (Å²) in [6.07, 6.45) is 3.88. The highest BCUT2D eigenvalue weighted by Crippen LogP contribution is 2.33. The lowest BCUT2D eigenvalue weighted by Crippen LogP contribution is -2.45. The zero-order valence-corrected chi connectivity index (χ0v) is 12.3. The van der Waals surface area contributed by atoms with Crippen LogP contribution in [0.1, 0.15) is 46.1 Å². The number of benzene rings is 1. The van der Waals surface area contributed by atoms with Gasteiger partial charge in [0, 0.05) is 18.1 Å². The molecule has 1 nitrogen and oxygen atoms in total. The largest absolute Gasteiger partial charge is 0.295 e. The fourth-order valence-electron chi connectivity index (χ4n) is 3.21. The highest BCUT2D eigenvalue weighted by Gasteiger charge is 2.37. The lowest BCUT2D eigenvalue weighted by atomic mass is 9.97. The molecule has 1 fully saturated rings. The van der Waals surface area contributed by atoms with Crippen molar-refractivity contribution in [2.45, 2.75) is 58.5 Å². The van der Waals surface area contributed by atoms with Crippen LogP contribution in [0.4, 0.5) is 0 Å². The number of rotatable bonds is 3. The molecule has 1 unspecified atom stereocenters. The van der Waals surface area contributed by atoms with E-state index in [0.717, 1.165) is 12.0 Å². The van der Waals surface area contributed by atoms with Gasteiger partial charge >= 0.3 is 0 Å². The normalized spacial score (nSPS) is 25.6. The average molecular weight is 245 g/mol. The van der Waals surface area contributed by atoms with Crippen LogP contribution in [-0.4, -0.2) is 23.0 Å². The summed E-state index contributed by atoms with van der Waals surface area (Å²) >= 11 is 0. The summed E-state index contributed by atoms with van der Waals surface area (Å²) < 4.78 is 0. The van der Waals surface area contributed by atoms with E-state index >= 15 is 0 Å². The zero-order chi connectivity index (χ0) is 13.2. The summed E-state index contributed by atoms with van der Waals surface area (Å²) in [5.74, 6) is 0.887. The van der Waals surface area contributed by atoms with E-state index in [1.807, 2.05) is 0 Å². The second-order valence-electron chi connectivity index (χ2n) is 6.68. The Bertz CT molecular complexity index is 363. The fourth-order valence-corrected chi connectivity index (χ4v) is 3.21. The topological polar surface area (TPSA) is 3.24 Å². The maximum Gasteiger partial charge on any atom is 0.0144 e. The molecular weight excluding hydrogens is 218 g/mol. The summed E-state index contributed by atoms with van der Waals surface area (Å²) in [7, 11) is 0. The second-order valence-corrected chi connectivity index (χ2v) is 6.68. The van der Waals surface area contributed by atoms with Crippen LogP contribution in [0.25, 0.3) is 0 Å². The van der Waals surface area contributed by atoms with Crippen LogP contribution in [-0.2, 0) is 6.42 Å². The summed E-state index contributed by atoms with van der Waals surface area (Å²) in [6, 6.07) is 11.7. The summed E-state index contributed by atoms with van der Waals surface area (Å²) in [4.78, 5) is 2.72. The van der Waals surface area contributed by atoms with E-state index in [-0.39, 0.29) is 0 Å². The van der Waals surface area contributed by atoms with Crippen LogP contribution in [0.2, 0.25) is 0 Å². The standard InChI is InChI=1S/C17H27N/c1-5-14-11-16(18(13-14)17(2,3)4)12-15-9-7-6-8-10-15/h6-10,14,16H,5,11-13H2,1-4H3/t14?,16-/m0/s1. The minimum Gasteiger partial charge on any atom is -0.295 e. The van der Waals surface area contributed by atoms with E-state index in [1.165, 1.54) is 31.4 Å². The quantitative estimate of drug-likeness (QED) is 0.774. The van der Waals surface area contributed by atoms with Gasteiger partial charge in [-0.15, -0.1) is 0 Å². The van der Waals surface area contributed by atoms with E-state index in [2.05, 4.69) is 62.9 Å². The van der Waals surface area contributed by atoms with Crippen LogP contribution in [0, 0.1) is 5.92 Å². The van der Waals surface area contributed by atoms with Crippen LogP contribution in [0.5, 0.6) is 0 Å². The average Bonchev–Trinajstić information content (AvgIpc) is 2.73. The Labute approximate surface area is 112 Å². The molecule has 1 aliphatic rings. The lowest BCUT2D eigenvalue weighted by molar-refractivity contribution is 0.118.